The zero-order valence-corrected chi connectivity index (χ0v) is 9.27. The van der Waals surface area contributed by atoms with Crippen molar-refractivity contribution in [2.24, 2.45) is 7.05 Å². The lowest BCUT2D eigenvalue weighted by Gasteiger charge is -2.04. The van der Waals surface area contributed by atoms with E-state index in [2.05, 4.69) is 5.10 Å². The molecule has 2 aromatic rings. The smallest absolute Gasteiger partial charge is 0.335 e. The fourth-order valence-corrected chi connectivity index (χ4v) is 1.75. The summed E-state index contributed by atoms with van der Waals surface area (Å²) < 4.78 is 1.66. The zero-order chi connectivity index (χ0) is 11.7. The topological polar surface area (TPSA) is 55.1 Å². The van der Waals surface area contributed by atoms with Gasteiger partial charge in [0.15, 0.2) is 0 Å². The first-order valence-corrected chi connectivity index (χ1v) is 4.98. The van der Waals surface area contributed by atoms with Crippen LogP contribution >= 0.6 is 11.6 Å². The van der Waals surface area contributed by atoms with Crippen LogP contribution in [0.25, 0.3) is 11.3 Å². The summed E-state index contributed by atoms with van der Waals surface area (Å²) in [7, 11) is 1.79. The number of aromatic nitrogens is 2. The summed E-state index contributed by atoms with van der Waals surface area (Å²) in [6, 6.07) is 6.51. The molecule has 0 aliphatic heterocycles. The average Bonchev–Trinajstić information content (AvgIpc) is 2.63. The first-order valence-electron chi connectivity index (χ1n) is 4.60. The van der Waals surface area contributed by atoms with Gasteiger partial charge in [-0.3, -0.25) is 4.68 Å². The number of carboxylic acid groups (broad SMARTS) is 1. The molecule has 0 fully saturated rings. The largest absolute Gasteiger partial charge is 0.478 e. The standard InChI is InChI=1S/C11H9ClN2O2/c1-14-10(2-3-13-14)7-4-8(11(15)16)6-9(12)5-7/h2-6H,1H3,(H,15,16). The van der Waals surface area contributed by atoms with E-state index in [0.717, 1.165) is 11.3 Å². The lowest BCUT2D eigenvalue weighted by atomic mass is 10.1. The number of hydrogen-bond acceptors (Lipinski definition) is 2. The summed E-state index contributed by atoms with van der Waals surface area (Å²) in [5.74, 6) is -0.995. The second-order valence-corrected chi connectivity index (χ2v) is 3.81. The van der Waals surface area contributed by atoms with Crippen LogP contribution < -0.4 is 0 Å². The minimum Gasteiger partial charge on any atom is -0.478 e. The van der Waals surface area contributed by atoms with Gasteiger partial charge in [0.2, 0.25) is 0 Å². The van der Waals surface area contributed by atoms with E-state index in [9.17, 15) is 4.79 Å². The van der Waals surface area contributed by atoms with Crippen molar-refractivity contribution in [3.63, 3.8) is 0 Å². The van der Waals surface area contributed by atoms with E-state index in [1.807, 2.05) is 0 Å². The highest BCUT2D eigenvalue weighted by atomic mass is 35.5. The molecule has 0 saturated heterocycles. The predicted octanol–water partition coefficient (Wildman–Crippen LogP) is 2.44. The second kappa shape index (κ2) is 3.98. The molecule has 1 N–H and O–H groups in total. The number of nitrogens with zero attached hydrogens (tertiary/aromatic N) is 2. The van der Waals surface area contributed by atoms with Gasteiger partial charge in [0.1, 0.15) is 0 Å². The first-order chi connectivity index (χ1) is 7.58. The quantitative estimate of drug-likeness (QED) is 0.871. The van der Waals surface area contributed by atoms with Gasteiger partial charge in [-0.15, -0.1) is 0 Å². The van der Waals surface area contributed by atoms with Crippen LogP contribution in [0.3, 0.4) is 0 Å². The Morgan fingerprint density at radius 1 is 1.44 bits per heavy atom. The van der Waals surface area contributed by atoms with Crippen LogP contribution in [0.5, 0.6) is 0 Å². The normalized spacial score (nSPS) is 10.4. The molecule has 5 heteroatoms. The van der Waals surface area contributed by atoms with Crippen LogP contribution in [-0.4, -0.2) is 20.9 Å². The molecule has 0 radical (unpaired) electrons. The van der Waals surface area contributed by atoms with Gasteiger partial charge < -0.3 is 5.11 Å². The average molecular weight is 237 g/mol. The fraction of sp³-hybridized carbons (Fsp3) is 0.0909. The molecule has 0 aliphatic rings. The van der Waals surface area contributed by atoms with Crippen molar-refractivity contribution in [2.75, 3.05) is 0 Å². The molecule has 0 amide bonds. The zero-order valence-electron chi connectivity index (χ0n) is 8.51. The van der Waals surface area contributed by atoms with Gasteiger partial charge in [-0.1, -0.05) is 11.6 Å². The third kappa shape index (κ3) is 1.92. The maximum absolute atomic E-state index is 10.9. The van der Waals surface area contributed by atoms with E-state index in [1.54, 1.807) is 36.1 Å². The van der Waals surface area contributed by atoms with Crippen molar-refractivity contribution in [1.82, 2.24) is 9.78 Å². The van der Waals surface area contributed by atoms with E-state index in [4.69, 9.17) is 16.7 Å². The lowest BCUT2D eigenvalue weighted by Crippen LogP contribution is -1.98. The molecule has 0 bridgehead atoms. The van der Waals surface area contributed by atoms with Crippen LogP contribution in [0.4, 0.5) is 0 Å². The van der Waals surface area contributed by atoms with E-state index in [-0.39, 0.29) is 5.56 Å². The molecule has 2 rings (SSSR count). The third-order valence-corrected chi connectivity index (χ3v) is 2.48. The summed E-state index contributed by atoms with van der Waals surface area (Å²) in [4.78, 5) is 10.9. The fourth-order valence-electron chi connectivity index (χ4n) is 1.52. The van der Waals surface area contributed by atoms with Crippen molar-refractivity contribution in [3.8, 4) is 11.3 Å². The molecular formula is C11H9ClN2O2. The minimum absolute atomic E-state index is 0.170. The summed E-state index contributed by atoms with van der Waals surface area (Å²) in [6.07, 6.45) is 1.65. The number of aryl methyl sites for hydroxylation is 1. The van der Waals surface area contributed by atoms with Gasteiger partial charge in [0, 0.05) is 23.8 Å². The summed E-state index contributed by atoms with van der Waals surface area (Å²) in [6.45, 7) is 0. The second-order valence-electron chi connectivity index (χ2n) is 3.37. The molecule has 0 saturated carbocycles. The molecule has 4 nitrogen and oxygen atoms in total. The number of benzene rings is 1. The lowest BCUT2D eigenvalue weighted by molar-refractivity contribution is 0.0697. The Hall–Kier alpha value is -1.81. The Labute approximate surface area is 97.1 Å². The minimum atomic E-state index is -0.995. The molecule has 82 valence electrons. The van der Waals surface area contributed by atoms with Gasteiger partial charge in [-0.05, 0) is 24.3 Å². The Kier molecular flexibility index (Phi) is 2.66. The number of halogens is 1. The summed E-state index contributed by atoms with van der Waals surface area (Å²) in [5, 5.41) is 13.3. The Morgan fingerprint density at radius 2 is 2.19 bits per heavy atom. The van der Waals surface area contributed by atoms with Crippen molar-refractivity contribution in [3.05, 3.63) is 41.0 Å². The molecule has 16 heavy (non-hydrogen) atoms. The highest BCUT2D eigenvalue weighted by Gasteiger charge is 2.09. The molecule has 1 heterocycles. The number of carbonyl (C=O) groups is 1. The van der Waals surface area contributed by atoms with Crippen molar-refractivity contribution in [1.29, 1.82) is 0 Å². The predicted molar refractivity (Wildman–Crippen MR) is 60.6 cm³/mol. The summed E-state index contributed by atoms with van der Waals surface area (Å²) >= 11 is 5.87. The van der Waals surface area contributed by atoms with Crippen molar-refractivity contribution >= 4 is 17.6 Å². The summed E-state index contributed by atoms with van der Waals surface area (Å²) in [5.41, 5.74) is 1.73. The van der Waals surface area contributed by atoms with E-state index in [0.29, 0.717) is 5.02 Å². The number of aromatic carboxylic acids is 1. The maximum atomic E-state index is 10.9. The van der Waals surface area contributed by atoms with Crippen molar-refractivity contribution in [2.45, 2.75) is 0 Å². The van der Waals surface area contributed by atoms with Crippen LogP contribution in [0.2, 0.25) is 5.02 Å². The van der Waals surface area contributed by atoms with Crippen LogP contribution in [0, 0.1) is 0 Å². The first kappa shape index (κ1) is 10.7. The van der Waals surface area contributed by atoms with Crippen molar-refractivity contribution < 1.29 is 9.90 Å². The molecule has 1 aromatic carbocycles. The Balaban J connectivity index is 2.58. The number of carboxylic acids is 1. The highest BCUT2D eigenvalue weighted by molar-refractivity contribution is 6.31. The Morgan fingerprint density at radius 3 is 2.75 bits per heavy atom. The molecule has 0 unspecified atom stereocenters. The molecule has 1 aromatic heterocycles. The highest BCUT2D eigenvalue weighted by Crippen LogP contribution is 2.24. The molecule has 0 spiro atoms. The molecule has 0 atom stereocenters. The molecular weight excluding hydrogens is 228 g/mol. The van der Waals surface area contributed by atoms with Crippen LogP contribution in [0.15, 0.2) is 30.5 Å². The number of hydrogen-bond donors (Lipinski definition) is 1. The SMILES string of the molecule is Cn1nccc1-c1cc(Cl)cc(C(=O)O)c1. The van der Waals surface area contributed by atoms with E-state index < -0.39 is 5.97 Å². The van der Waals surface area contributed by atoms with Gasteiger partial charge in [-0.2, -0.15) is 5.10 Å². The van der Waals surface area contributed by atoms with Crippen LogP contribution in [0.1, 0.15) is 10.4 Å². The monoisotopic (exact) mass is 236 g/mol. The Bertz CT molecular complexity index is 549. The van der Waals surface area contributed by atoms with Gasteiger partial charge in [0.05, 0.1) is 11.3 Å². The third-order valence-electron chi connectivity index (χ3n) is 2.26. The van der Waals surface area contributed by atoms with E-state index >= 15 is 0 Å². The van der Waals surface area contributed by atoms with Gasteiger partial charge in [-0.25, -0.2) is 4.79 Å². The maximum Gasteiger partial charge on any atom is 0.335 e. The van der Waals surface area contributed by atoms with Gasteiger partial charge in [0.25, 0.3) is 0 Å². The number of rotatable bonds is 2. The van der Waals surface area contributed by atoms with Gasteiger partial charge >= 0.3 is 5.97 Å². The molecule has 0 aliphatic carbocycles. The van der Waals surface area contributed by atoms with Crippen LogP contribution in [-0.2, 0) is 7.05 Å². The van der Waals surface area contributed by atoms with E-state index in [1.165, 1.54) is 6.07 Å².